The van der Waals surface area contributed by atoms with Crippen LogP contribution in [0.3, 0.4) is 0 Å². The van der Waals surface area contributed by atoms with Crippen LogP contribution in [0.4, 0.5) is 11.6 Å². The minimum absolute atomic E-state index is 0.213. The number of aryl methyl sites for hydroxylation is 2. The summed E-state index contributed by atoms with van der Waals surface area (Å²) in [6.45, 7) is 2.58. The summed E-state index contributed by atoms with van der Waals surface area (Å²) in [5.41, 5.74) is 3.42. The van der Waals surface area contributed by atoms with Crippen molar-refractivity contribution in [1.82, 2.24) is 15.3 Å². The number of carbonyl (C=O) groups excluding carboxylic acids is 1. The Morgan fingerprint density at radius 2 is 1.93 bits per heavy atom. The highest BCUT2D eigenvalue weighted by Gasteiger charge is 2.10. The maximum atomic E-state index is 12.4. The summed E-state index contributed by atoms with van der Waals surface area (Å²) < 4.78 is 5.35. The Balaban J connectivity index is 1.58. The molecule has 0 radical (unpaired) electrons. The number of hydrogen-bond donors (Lipinski definition) is 2. The number of carbonyl (C=O) groups is 1. The maximum absolute atomic E-state index is 12.4. The second-order valence-corrected chi connectivity index (χ2v) is 6.44. The fraction of sp³-hybridized carbons (Fsp3) is 0.227. The van der Waals surface area contributed by atoms with Crippen molar-refractivity contribution in [3.8, 4) is 5.75 Å². The molecule has 0 spiro atoms. The van der Waals surface area contributed by atoms with E-state index >= 15 is 0 Å². The highest BCUT2D eigenvalue weighted by Crippen LogP contribution is 2.27. The smallest absolute Gasteiger partial charge is 0.270 e. The number of ether oxygens (including phenoxy) is 1. The van der Waals surface area contributed by atoms with Crippen molar-refractivity contribution in [2.24, 2.45) is 0 Å². The molecule has 0 unspecified atom stereocenters. The summed E-state index contributed by atoms with van der Waals surface area (Å²) >= 11 is 0. The van der Waals surface area contributed by atoms with Crippen molar-refractivity contribution >= 4 is 17.5 Å². The quantitative estimate of drug-likeness (QED) is 0.583. The number of amides is 1. The van der Waals surface area contributed by atoms with Crippen LogP contribution in [-0.2, 0) is 6.42 Å². The van der Waals surface area contributed by atoms with Gasteiger partial charge in [-0.3, -0.25) is 4.79 Å². The number of rotatable bonds is 8. The van der Waals surface area contributed by atoms with Gasteiger partial charge in [0.1, 0.15) is 11.4 Å². The molecule has 0 aliphatic rings. The Hall–Kier alpha value is -3.41. The van der Waals surface area contributed by atoms with E-state index in [9.17, 15) is 4.79 Å². The van der Waals surface area contributed by atoms with Gasteiger partial charge in [-0.05, 0) is 49.1 Å². The number of benzene rings is 2. The third-order valence-electron chi connectivity index (χ3n) is 4.26. The second-order valence-electron chi connectivity index (χ2n) is 6.44. The van der Waals surface area contributed by atoms with E-state index in [0.717, 1.165) is 24.1 Å². The predicted molar refractivity (Wildman–Crippen MR) is 110 cm³/mol. The topological polar surface area (TPSA) is 76.1 Å². The third-order valence-corrected chi connectivity index (χ3v) is 4.26. The molecule has 1 aromatic heterocycles. The molecule has 28 heavy (non-hydrogen) atoms. The molecule has 0 fully saturated rings. The monoisotopic (exact) mass is 376 g/mol. The summed E-state index contributed by atoms with van der Waals surface area (Å²) in [7, 11) is 1.61. The van der Waals surface area contributed by atoms with Crippen molar-refractivity contribution in [2.45, 2.75) is 19.8 Å². The lowest BCUT2D eigenvalue weighted by Crippen LogP contribution is -2.26. The van der Waals surface area contributed by atoms with E-state index < -0.39 is 0 Å². The molecule has 3 aromatic rings. The molecule has 3 rings (SSSR count). The molecule has 1 heterocycles. The molecule has 0 bridgehead atoms. The van der Waals surface area contributed by atoms with E-state index in [0.29, 0.717) is 23.9 Å². The van der Waals surface area contributed by atoms with Gasteiger partial charge in [0.2, 0.25) is 5.95 Å². The number of hydrogen-bond acceptors (Lipinski definition) is 5. The van der Waals surface area contributed by atoms with Crippen LogP contribution in [0.15, 0.2) is 60.8 Å². The Kier molecular flexibility index (Phi) is 6.57. The van der Waals surface area contributed by atoms with Gasteiger partial charge in [-0.15, -0.1) is 0 Å². The third kappa shape index (κ3) is 5.30. The summed E-state index contributed by atoms with van der Waals surface area (Å²) in [5, 5.41) is 6.03. The molecule has 0 saturated heterocycles. The lowest BCUT2D eigenvalue weighted by atomic mass is 10.1. The van der Waals surface area contributed by atoms with Crippen LogP contribution in [-0.4, -0.2) is 29.5 Å². The van der Waals surface area contributed by atoms with E-state index in [1.54, 1.807) is 19.4 Å². The molecule has 0 aliphatic carbocycles. The van der Waals surface area contributed by atoms with Crippen LogP contribution in [0, 0.1) is 6.92 Å². The van der Waals surface area contributed by atoms with Crippen molar-refractivity contribution in [3.63, 3.8) is 0 Å². The van der Waals surface area contributed by atoms with Crippen LogP contribution in [0.2, 0.25) is 0 Å². The number of aromatic nitrogens is 2. The Morgan fingerprint density at radius 1 is 1.11 bits per heavy atom. The first-order valence-electron chi connectivity index (χ1n) is 9.22. The predicted octanol–water partition coefficient (Wildman–Crippen LogP) is 3.90. The van der Waals surface area contributed by atoms with Gasteiger partial charge in [0, 0.05) is 12.7 Å². The van der Waals surface area contributed by atoms with Crippen molar-refractivity contribution in [1.29, 1.82) is 0 Å². The average Bonchev–Trinajstić information content (AvgIpc) is 2.72. The molecule has 0 saturated carbocycles. The minimum Gasteiger partial charge on any atom is -0.495 e. The van der Waals surface area contributed by atoms with Gasteiger partial charge in [-0.2, -0.15) is 0 Å². The van der Waals surface area contributed by atoms with E-state index in [2.05, 4.69) is 32.7 Å². The van der Waals surface area contributed by atoms with Crippen LogP contribution in [0.25, 0.3) is 0 Å². The number of nitrogens with zero attached hydrogens (tertiary/aromatic N) is 2. The lowest BCUT2D eigenvalue weighted by molar-refractivity contribution is 0.0948. The van der Waals surface area contributed by atoms with Crippen molar-refractivity contribution in [3.05, 3.63) is 77.6 Å². The van der Waals surface area contributed by atoms with Gasteiger partial charge in [-0.1, -0.05) is 36.4 Å². The number of nitrogens with one attached hydrogen (secondary N) is 2. The highest BCUT2D eigenvalue weighted by molar-refractivity contribution is 5.92. The zero-order valence-corrected chi connectivity index (χ0v) is 16.1. The van der Waals surface area contributed by atoms with Gasteiger partial charge in [0.15, 0.2) is 0 Å². The van der Waals surface area contributed by atoms with Crippen LogP contribution < -0.4 is 15.4 Å². The maximum Gasteiger partial charge on any atom is 0.270 e. The fourth-order valence-corrected chi connectivity index (χ4v) is 2.82. The van der Waals surface area contributed by atoms with E-state index in [4.69, 9.17) is 4.74 Å². The van der Waals surface area contributed by atoms with Gasteiger partial charge in [-0.25, -0.2) is 9.97 Å². The largest absolute Gasteiger partial charge is 0.495 e. The summed E-state index contributed by atoms with van der Waals surface area (Å²) in [6.07, 6.45) is 3.35. The van der Waals surface area contributed by atoms with Crippen LogP contribution in [0.1, 0.15) is 28.0 Å². The standard InChI is InChI=1S/C22H24N4O2/c1-16-10-11-20(28-2)19(15-16)26-22-24-14-12-18(25-22)21(27)23-13-6-9-17-7-4-3-5-8-17/h3-5,7-8,10-12,14-15H,6,9,13H2,1-2H3,(H,23,27)(H,24,25,26). The van der Waals surface area contributed by atoms with Crippen LogP contribution >= 0.6 is 0 Å². The fourth-order valence-electron chi connectivity index (χ4n) is 2.82. The van der Waals surface area contributed by atoms with Crippen LogP contribution in [0.5, 0.6) is 5.75 Å². The molecule has 6 heteroatoms. The summed E-state index contributed by atoms with van der Waals surface area (Å²) in [4.78, 5) is 20.9. The zero-order chi connectivity index (χ0) is 19.8. The van der Waals surface area contributed by atoms with Gasteiger partial charge in [0.05, 0.1) is 12.8 Å². The molecular formula is C22H24N4O2. The lowest BCUT2D eigenvalue weighted by Gasteiger charge is -2.11. The molecular weight excluding hydrogens is 352 g/mol. The normalized spacial score (nSPS) is 10.4. The highest BCUT2D eigenvalue weighted by atomic mass is 16.5. The first-order valence-corrected chi connectivity index (χ1v) is 9.22. The zero-order valence-electron chi connectivity index (χ0n) is 16.1. The van der Waals surface area contributed by atoms with Gasteiger partial charge < -0.3 is 15.4 Å². The summed E-state index contributed by atoms with van der Waals surface area (Å²) in [5.74, 6) is 0.820. The minimum atomic E-state index is -0.213. The van der Waals surface area contributed by atoms with Crippen molar-refractivity contribution in [2.75, 3.05) is 19.0 Å². The van der Waals surface area contributed by atoms with Gasteiger partial charge >= 0.3 is 0 Å². The van der Waals surface area contributed by atoms with Crippen molar-refractivity contribution < 1.29 is 9.53 Å². The molecule has 0 atom stereocenters. The Bertz CT molecular complexity index is 929. The Labute approximate surface area is 165 Å². The second kappa shape index (κ2) is 9.50. The number of anilines is 2. The molecule has 144 valence electrons. The molecule has 2 N–H and O–H groups in total. The SMILES string of the molecule is COc1ccc(C)cc1Nc1nccc(C(=O)NCCCc2ccccc2)n1. The van der Waals surface area contributed by atoms with E-state index in [1.165, 1.54) is 5.56 Å². The first kappa shape index (κ1) is 19.4. The van der Waals surface area contributed by atoms with E-state index in [1.807, 2.05) is 43.3 Å². The number of methoxy groups -OCH3 is 1. The Morgan fingerprint density at radius 3 is 2.71 bits per heavy atom. The first-order chi connectivity index (χ1) is 13.7. The molecule has 1 amide bonds. The summed E-state index contributed by atoms with van der Waals surface area (Å²) in [6, 6.07) is 17.6. The van der Waals surface area contributed by atoms with Gasteiger partial charge in [0.25, 0.3) is 5.91 Å². The molecule has 2 aromatic carbocycles. The molecule has 0 aliphatic heterocycles. The molecule has 6 nitrogen and oxygen atoms in total. The van der Waals surface area contributed by atoms with E-state index in [-0.39, 0.29) is 5.91 Å². The average molecular weight is 376 g/mol.